The zero-order valence-electron chi connectivity index (χ0n) is 9.61. The number of ether oxygens (including phenoxy) is 1. The highest BCUT2D eigenvalue weighted by atomic mass is 79.9. The van der Waals surface area contributed by atoms with E-state index in [9.17, 15) is 4.79 Å². The third-order valence-electron chi connectivity index (χ3n) is 2.30. The van der Waals surface area contributed by atoms with Gasteiger partial charge in [0.25, 0.3) is 5.91 Å². The summed E-state index contributed by atoms with van der Waals surface area (Å²) in [4.78, 5) is 15.9. The van der Waals surface area contributed by atoms with E-state index < -0.39 is 0 Å². The third kappa shape index (κ3) is 2.86. The van der Waals surface area contributed by atoms with Gasteiger partial charge in [0.1, 0.15) is 17.9 Å². The molecule has 1 amide bonds. The van der Waals surface area contributed by atoms with Gasteiger partial charge in [-0.15, -0.1) is 0 Å². The maximum atomic E-state index is 12.0. The molecule has 2 rings (SSSR count). The molecule has 0 spiro atoms. The SMILES string of the molecule is COc1ccc(Br)c(C(=O)NCc2ncn[nH]2)c1. The van der Waals surface area contributed by atoms with Crippen LogP contribution in [0.3, 0.4) is 0 Å². The molecule has 0 atom stereocenters. The lowest BCUT2D eigenvalue weighted by Crippen LogP contribution is -2.23. The van der Waals surface area contributed by atoms with E-state index in [4.69, 9.17) is 4.74 Å². The Balaban J connectivity index is 2.08. The number of carbonyl (C=O) groups is 1. The van der Waals surface area contributed by atoms with Crippen LogP contribution in [0.25, 0.3) is 0 Å². The summed E-state index contributed by atoms with van der Waals surface area (Å²) < 4.78 is 5.79. The van der Waals surface area contributed by atoms with Gasteiger partial charge in [0, 0.05) is 4.47 Å². The molecular formula is C11H11BrN4O2. The topological polar surface area (TPSA) is 79.9 Å². The lowest BCUT2D eigenvalue weighted by atomic mass is 10.2. The highest BCUT2D eigenvalue weighted by Gasteiger charge is 2.11. The standard InChI is InChI=1S/C11H11BrN4O2/c1-18-7-2-3-9(12)8(4-7)11(17)13-5-10-14-6-15-16-10/h2-4,6H,5H2,1H3,(H,13,17)(H,14,15,16). The number of methoxy groups -OCH3 is 1. The van der Waals surface area contributed by atoms with Crippen molar-refractivity contribution in [3.05, 3.63) is 40.4 Å². The number of nitrogens with zero attached hydrogens (tertiary/aromatic N) is 2. The molecule has 0 fully saturated rings. The molecule has 94 valence electrons. The van der Waals surface area contributed by atoms with Gasteiger partial charge in [-0.25, -0.2) is 4.98 Å². The van der Waals surface area contributed by atoms with Crippen molar-refractivity contribution in [3.8, 4) is 5.75 Å². The third-order valence-corrected chi connectivity index (χ3v) is 2.99. The normalized spacial score (nSPS) is 10.1. The van der Waals surface area contributed by atoms with Crippen LogP contribution in [0.2, 0.25) is 0 Å². The predicted octanol–water partition coefficient (Wildman–Crippen LogP) is 1.51. The summed E-state index contributed by atoms with van der Waals surface area (Å²) in [5.41, 5.74) is 0.508. The maximum Gasteiger partial charge on any atom is 0.252 e. The number of benzene rings is 1. The molecule has 7 heteroatoms. The fraction of sp³-hybridized carbons (Fsp3) is 0.182. The van der Waals surface area contributed by atoms with Crippen molar-refractivity contribution >= 4 is 21.8 Å². The van der Waals surface area contributed by atoms with Crippen molar-refractivity contribution in [3.63, 3.8) is 0 Å². The lowest BCUT2D eigenvalue weighted by Gasteiger charge is -2.07. The van der Waals surface area contributed by atoms with E-state index in [1.54, 1.807) is 25.3 Å². The average molecular weight is 311 g/mol. The second-order valence-corrected chi connectivity index (χ2v) is 4.31. The molecule has 1 heterocycles. The van der Waals surface area contributed by atoms with Crippen molar-refractivity contribution < 1.29 is 9.53 Å². The molecule has 0 unspecified atom stereocenters. The second kappa shape index (κ2) is 5.63. The first-order chi connectivity index (χ1) is 8.70. The average Bonchev–Trinajstić information content (AvgIpc) is 2.89. The summed E-state index contributed by atoms with van der Waals surface area (Å²) in [5.74, 6) is 1.02. The second-order valence-electron chi connectivity index (χ2n) is 3.46. The van der Waals surface area contributed by atoms with E-state index in [1.807, 2.05) is 0 Å². The summed E-state index contributed by atoms with van der Waals surface area (Å²) in [5, 5.41) is 9.11. The number of H-pyrrole nitrogens is 1. The van der Waals surface area contributed by atoms with Gasteiger partial charge in [-0.3, -0.25) is 9.89 Å². The van der Waals surface area contributed by atoms with E-state index >= 15 is 0 Å². The van der Waals surface area contributed by atoms with Gasteiger partial charge in [-0.1, -0.05) is 0 Å². The Kier molecular flexibility index (Phi) is 3.93. The van der Waals surface area contributed by atoms with Crippen LogP contribution in [0.1, 0.15) is 16.2 Å². The number of hydrogen-bond acceptors (Lipinski definition) is 4. The minimum atomic E-state index is -0.211. The molecule has 2 aromatic rings. The van der Waals surface area contributed by atoms with Gasteiger partial charge in [-0.2, -0.15) is 5.10 Å². The molecule has 1 aromatic carbocycles. The van der Waals surface area contributed by atoms with Crippen LogP contribution in [0, 0.1) is 0 Å². The Hall–Kier alpha value is -1.89. The Morgan fingerprint density at radius 2 is 2.39 bits per heavy atom. The smallest absolute Gasteiger partial charge is 0.252 e. The minimum absolute atomic E-state index is 0.211. The van der Waals surface area contributed by atoms with Crippen LogP contribution in [-0.2, 0) is 6.54 Å². The Labute approximate surface area is 112 Å². The number of carbonyl (C=O) groups excluding carboxylic acids is 1. The van der Waals surface area contributed by atoms with Crippen LogP contribution in [0.5, 0.6) is 5.75 Å². The van der Waals surface area contributed by atoms with E-state index in [1.165, 1.54) is 6.33 Å². The minimum Gasteiger partial charge on any atom is -0.497 e. The first-order valence-corrected chi connectivity index (χ1v) is 5.96. The summed E-state index contributed by atoms with van der Waals surface area (Å²) in [6.07, 6.45) is 1.39. The summed E-state index contributed by atoms with van der Waals surface area (Å²) in [6.45, 7) is 0.294. The summed E-state index contributed by atoms with van der Waals surface area (Å²) >= 11 is 3.33. The fourth-order valence-corrected chi connectivity index (χ4v) is 1.81. The Morgan fingerprint density at radius 1 is 1.56 bits per heavy atom. The zero-order valence-corrected chi connectivity index (χ0v) is 11.2. The van der Waals surface area contributed by atoms with Crippen LogP contribution in [0.4, 0.5) is 0 Å². The maximum absolute atomic E-state index is 12.0. The number of halogens is 1. The number of aromatic nitrogens is 3. The molecule has 0 aliphatic rings. The molecule has 0 aliphatic carbocycles. The quantitative estimate of drug-likeness (QED) is 0.897. The lowest BCUT2D eigenvalue weighted by molar-refractivity contribution is 0.0949. The molecule has 6 nitrogen and oxygen atoms in total. The molecule has 2 N–H and O–H groups in total. The molecule has 0 radical (unpaired) electrons. The van der Waals surface area contributed by atoms with E-state index in [0.29, 0.717) is 28.2 Å². The van der Waals surface area contributed by atoms with Crippen molar-refractivity contribution in [2.24, 2.45) is 0 Å². The number of amides is 1. The molecule has 0 saturated carbocycles. The van der Waals surface area contributed by atoms with Crippen molar-refractivity contribution in [1.29, 1.82) is 0 Å². The summed E-state index contributed by atoms with van der Waals surface area (Å²) in [7, 11) is 1.56. The van der Waals surface area contributed by atoms with Crippen LogP contribution in [-0.4, -0.2) is 28.2 Å². The predicted molar refractivity (Wildman–Crippen MR) is 68.2 cm³/mol. The number of hydrogen-bond donors (Lipinski definition) is 2. The first kappa shape index (κ1) is 12.6. The highest BCUT2D eigenvalue weighted by Crippen LogP contribution is 2.22. The zero-order chi connectivity index (χ0) is 13.0. The van der Waals surface area contributed by atoms with Crippen molar-refractivity contribution in [2.45, 2.75) is 6.54 Å². The monoisotopic (exact) mass is 310 g/mol. The van der Waals surface area contributed by atoms with Gasteiger partial charge in [0.2, 0.25) is 0 Å². The number of rotatable bonds is 4. The molecule has 0 aliphatic heterocycles. The van der Waals surface area contributed by atoms with Crippen molar-refractivity contribution in [1.82, 2.24) is 20.5 Å². The molecular weight excluding hydrogens is 300 g/mol. The molecule has 0 saturated heterocycles. The molecule has 1 aromatic heterocycles. The molecule has 18 heavy (non-hydrogen) atoms. The number of nitrogens with one attached hydrogen (secondary N) is 2. The summed E-state index contributed by atoms with van der Waals surface area (Å²) in [6, 6.07) is 5.21. The Morgan fingerprint density at radius 3 is 3.06 bits per heavy atom. The first-order valence-electron chi connectivity index (χ1n) is 5.16. The fourth-order valence-electron chi connectivity index (χ4n) is 1.38. The van der Waals surface area contributed by atoms with Gasteiger partial charge < -0.3 is 10.1 Å². The van der Waals surface area contributed by atoms with Crippen LogP contribution in [0.15, 0.2) is 29.0 Å². The largest absolute Gasteiger partial charge is 0.497 e. The van der Waals surface area contributed by atoms with E-state index in [2.05, 4.69) is 36.4 Å². The van der Waals surface area contributed by atoms with Gasteiger partial charge in [-0.05, 0) is 34.1 Å². The highest BCUT2D eigenvalue weighted by molar-refractivity contribution is 9.10. The molecule has 0 bridgehead atoms. The van der Waals surface area contributed by atoms with Crippen LogP contribution < -0.4 is 10.1 Å². The Bertz CT molecular complexity index is 542. The van der Waals surface area contributed by atoms with Crippen molar-refractivity contribution in [2.75, 3.05) is 7.11 Å². The van der Waals surface area contributed by atoms with Gasteiger partial charge in [0.05, 0.1) is 19.2 Å². The number of aromatic amines is 1. The van der Waals surface area contributed by atoms with E-state index in [0.717, 1.165) is 0 Å². The van der Waals surface area contributed by atoms with Gasteiger partial charge in [0.15, 0.2) is 0 Å². The van der Waals surface area contributed by atoms with Gasteiger partial charge >= 0.3 is 0 Å². The van der Waals surface area contributed by atoms with Crippen LogP contribution >= 0.6 is 15.9 Å². The van der Waals surface area contributed by atoms with E-state index in [-0.39, 0.29) is 5.91 Å².